The molecule has 10 rings (SSSR count). The van der Waals surface area contributed by atoms with E-state index in [-0.39, 0.29) is 0 Å². The molecule has 0 bridgehead atoms. The van der Waals surface area contributed by atoms with Crippen molar-refractivity contribution in [3.8, 4) is 39.1 Å². The molecular weight excluding hydrogens is 653 g/mol. The first-order valence-corrected chi connectivity index (χ1v) is 18.5. The first-order valence-electron chi connectivity index (χ1n) is 18.5. The zero-order valence-corrected chi connectivity index (χ0v) is 29.7. The molecule has 0 radical (unpaired) electrons. The highest BCUT2D eigenvalue weighted by molar-refractivity contribution is 6.10. The standard InChI is InChI=1S/C52H36N2/c1-3-13-37(14-4-1)38-25-30-45(31-26-38)53(50-24-12-16-40-15-7-8-21-47(40)50)46-32-27-39(28-33-46)41-17-11-18-42(35-41)43-29-34-52-49(36-43)48-22-9-10-23-51(48)54(52)44-19-5-2-6-20-44/h1-36H. The van der Waals surface area contributed by atoms with Gasteiger partial charge in [0.2, 0.25) is 0 Å². The zero-order valence-electron chi connectivity index (χ0n) is 29.7. The molecule has 9 aromatic carbocycles. The van der Waals surface area contributed by atoms with Crippen molar-refractivity contribution in [1.82, 2.24) is 4.57 Å². The van der Waals surface area contributed by atoms with Crippen LogP contribution < -0.4 is 4.90 Å². The Hall–Kier alpha value is -7.16. The van der Waals surface area contributed by atoms with Crippen LogP contribution in [0.4, 0.5) is 17.1 Å². The first kappa shape index (κ1) is 31.6. The Kier molecular flexibility index (Phi) is 7.85. The third-order valence-corrected chi connectivity index (χ3v) is 10.6. The van der Waals surface area contributed by atoms with Gasteiger partial charge in [-0.15, -0.1) is 0 Å². The molecule has 0 saturated heterocycles. The van der Waals surface area contributed by atoms with Crippen molar-refractivity contribution in [3.05, 3.63) is 218 Å². The lowest BCUT2D eigenvalue weighted by Gasteiger charge is -2.27. The average molecular weight is 689 g/mol. The number of nitrogens with zero attached hydrogens (tertiary/aromatic N) is 2. The summed E-state index contributed by atoms with van der Waals surface area (Å²) < 4.78 is 2.37. The maximum absolute atomic E-state index is 2.37. The van der Waals surface area contributed by atoms with Crippen molar-refractivity contribution in [2.75, 3.05) is 4.90 Å². The van der Waals surface area contributed by atoms with Crippen LogP contribution in [0.2, 0.25) is 0 Å². The quantitative estimate of drug-likeness (QED) is 0.162. The van der Waals surface area contributed by atoms with Gasteiger partial charge in [-0.2, -0.15) is 0 Å². The van der Waals surface area contributed by atoms with Crippen LogP contribution in [0.5, 0.6) is 0 Å². The highest BCUT2D eigenvalue weighted by Gasteiger charge is 2.17. The van der Waals surface area contributed by atoms with E-state index in [0.717, 1.165) is 17.1 Å². The molecule has 0 atom stereocenters. The second-order valence-corrected chi connectivity index (χ2v) is 13.8. The van der Waals surface area contributed by atoms with E-state index < -0.39 is 0 Å². The van der Waals surface area contributed by atoms with Crippen LogP contribution in [0, 0.1) is 0 Å². The summed E-state index contributed by atoms with van der Waals surface area (Å²) in [6.45, 7) is 0. The molecule has 0 aliphatic rings. The molecule has 2 nitrogen and oxygen atoms in total. The van der Waals surface area contributed by atoms with Crippen LogP contribution in [-0.2, 0) is 0 Å². The average Bonchev–Trinajstić information content (AvgIpc) is 3.59. The normalized spacial score (nSPS) is 11.3. The third-order valence-electron chi connectivity index (χ3n) is 10.6. The molecule has 0 N–H and O–H groups in total. The predicted octanol–water partition coefficient (Wildman–Crippen LogP) is 14.4. The van der Waals surface area contributed by atoms with Gasteiger partial charge in [-0.1, -0.05) is 152 Å². The lowest BCUT2D eigenvalue weighted by molar-refractivity contribution is 1.18. The largest absolute Gasteiger partial charge is 0.310 e. The van der Waals surface area contributed by atoms with Crippen LogP contribution in [0.3, 0.4) is 0 Å². The molecule has 0 aliphatic carbocycles. The van der Waals surface area contributed by atoms with E-state index in [1.165, 1.54) is 71.6 Å². The summed E-state index contributed by atoms with van der Waals surface area (Å²) in [7, 11) is 0. The van der Waals surface area contributed by atoms with Gasteiger partial charge in [0, 0.05) is 33.2 Å². The van der Waals surface area contributed by atoms with E-state index in [1.54, 1.807) is 0 Å². The smallest absolute Gasteiger partial charge is 0.0541 e. The highest BCUT2D eigenvalue weighted by Crippen LogP contribution is 2.41. The number of rotatable bonds is 7. The first-order chi connectivity index (χ1) is 26.8. The number of aromatic nitrogens is 1. The molecule has 254 valence electrons. The molecule has 10 aromatic rings. The van der Waals surface area contributed by atoms with E-state index in [9.17, 15) is 0 Å². The minimum absolute atomic E-state index is 1.11. The molecular formula is C52H36N2. The monoisotopic (exact) mass is 688 g/mol. The van der Waals surface area contributed by atoms with E-state index >= 15 is 0 Å². The summed E-state index contributed by atoms with van der Waals surface area (Å²) in [5.41, 5.74) is 14.2. The Morgan fingerprint density at radius 3 is 1.52 bits per heavy atom. The molecule has 0 saturated carbocycles. The summed E-state index contributed by atoms with van der Waals surface area (Å²) in [5.74, 6) is 0. The van der Waals surface area contributed by atoms with E-state index in [1.807, 2.05) is 0 Å². The Morgan fingerprint density at radius 2 is 0.778 bits per heavy atom. The van der Waals surface area contributed by atoms with Crippen molar-refractivity contribution in [2.24, 2.45) is 0 Å². The summed E-state index contributed by atoms with van der Waals surface area (Å²) in [5, 5.41) is 4.95. The molecule has 0 amide bonds. The van der Waals surface area contributed by atoms with Crippen molar-refractivity contribution < 1.29 is 0 Å². The molecule has 0 aliphatic heterocycles. The second-order valence-electron chi connectivity index (χ2n) is 13.8. The van der Waals surface area contributed by atoms with Crippen molar-refractivity contribution in [1.29, 1.82) is 0 Å². The van der Waals surface area contributed by atoms with E-state index in [4.69, 9.17) is 0 Å². The topological polar surface area (TPSA) is 8.17 Å². The van der Waals surface area contributed by atoms with E-state index in [0.29, 0.717) is 0 Å². The van der Waals surface area contributed by atoms with Crippen LogP contribution in [0.1, 0.15) is 0 Å². The van der Waals surface area contributed by atoms with Crippen LogP contribution >= 0.6 is 0 Å². The van der Waals surface area contributed by atoms with E-state index in [2.05, 4.69) is 228 Å². The minimum atomic E-state index is 1.11. The van der Waals surface area contributed by atoms with Crippen molar-refractivity contribution in [2.45, 2.75) is 0 Å². The highest BCUT2D eigenvalue weighted by atomic mass is 15.1. The number of hydrogen-bond acceptors (Lipinski definition) is 1. The molecule has 2 heteroatoms. The van der Waals surface area contributed by atoms with Crippen LogP contribution in [0.25, 0.3) is 71.6 Å². The second kappa shape index (κ2) is 13.4. The van der Waals surface area contributed by atoms with Gasteiger partial charge >= 0.3 is 0 Å². The summed E-state index contributed by atoms with van der Waals surface area (Å²) in [6.07, 6.45) is 0. The Labute approximate surface area is 315 Å². The number of fused-ring (bicyclic) bond motifs is 4. The summed E-state index contributed by atoms with van der Waals surface area (Å²) in [4.78, 5) is 2.37. The van der Waals surface area contributed by atoms with Gasteiger partial charge in [-0.25, -0.2) is 0 Å². The third kappa shape index (κ3) is 5.62. The maximum atomic E-state index is 2.37. The van der Waals surface area contributed by atoms with Gasteiger partial charge in [0.15, 0.2) is 0 Å². The molecule has 0 spiro atoms. The number of anilines is 3. The van der Waals surface area contributed by atoms with Gasteiger partial charge in [0.05, 0.1) is 16.7 Å². The predicted molar refractivity (Wildman–Crippen MR) is 229 cm³/mol. The molecule has 0 fully saturated rings. The fourth-order valence-electron chi connectivity index (χ4n) is 7.95. The van der Waals surface area contributed by atoms with Gasteiger partial charge in [0.1, 0.15) is 0 Å². The molecule has 54 heavy (non-hydrogen) atoms. The fraction of sp³-hybridized carbons (Fsp3) is 0. The number of para-hydroxylation sites is 2. The Bertz CT molecular complexity index is 2900. The summed E-state index contributed by atoms with van der Waals surface area (Å²) in [6, 6.07) is 78.8. The number of benzene rings is 9. The lowest BCUT2D eigenvalue weighted by Crippen LogP contribution is -2.10. The Balaban J connectivity index is 1.02. The molecule has 1 heterocycles. The summed E-state index contributed by atoms with van der Waals surface area (Å²) >= 11 is 0. The van der Waals surface area contributed by atoms with Crippen LogP contribution in [0.15, 0.2) is 218 Å². The van der Waals surface area contributed by atoms with Crippen molar-refractivity contribution >= 4 is 49.6 Å². The SMILES string of the molecule is c1ccc(-c2ccc(N(c3ccc(-c4cccc(-c5ccc6c(c5)c5ccccc5n6-c5ccccc5)c4)cc3)c3cccc4ccccc34)cc2)cc1. The van der Waals surface area contributed by atoms with Crippen LogP contribution in [-0.4, -0.2) is 4.57 Å². The van der Waals surface area contributed by atoms with Gasteiger partial charge in [-0.05, 0) is 105 Å². The fourth-order valence-corrected chi connectivity index (χ4v) is 7.95. The van der Waals surface area contributed by atoms with Gasteiger partial charge in [-0.3, -0.25) is 0 Å². The van der Waals surface area contributed by atoms with Crippen molar-refractivity contribution in [3.63, 3.8) is 0 Å². The number of hydrogen-bond donors (Lipinski definition) is 0. The molecule has 0 unspecified atom stereocenters. The zero-order chi connectivity index (χ0) is 35.8. The lowest BCUT2D eigenvalue weighted by atomic mass is 9.97. The maximum Gasteiger partial charge on any atom is 0.0541 e. The van der Waals surface area contributed by atoms with Gasteiger partial charge < -0.3 is 9.47 Å². The Morgan fingerprint density at radius 1 is 0.296 bits per heavy atom. The molecule has 1 aromatic heterocycles. The van der Waals surface area contributed by atoms with Gasteiger partial charge in [0.25, 0.3) is 0 Å². The minimum Gasteiger partial charge on any atom is -0.310 e.